The Morgan fingerprint density at radius 3 is 2.56 bits per heavy atom. The number of primary amides is 1. The molecule has 8 heteroatoms. The molecular weight excluding hydrogens is 250 g/mol. The molecule has 0 radical (unpaired) electrons. The number of rotatable bonds is 5. The van der Waals surface area contributed by atoms with E-state index in [1.807, 2.05) is 0 Å². The fraction of sp³-hybridized carbons (Fsp3) is 0.125. The number of amides is 1. The minimum Gasteiger partial charge on any atom is -0.369 e. The van der Waals surface area contributed by atoms with Gasteiger partial charge >= 0.3 is 0 Å². The van der Waals surface area contributed by atoms with Crippen molar-refractivity contribution < 1.29 is 13.2 Å². The lowest BCUT2D eigenvalue weighted by Gasteiger charge is -2.08. The number of benzene rings is 1. The van der Waals surface area contributed by atoms with E-state index >= 15 is 0 Å². The van der Waals surface area contributed by atoms with E-state index in [9.17, 15) is 13.2 Å². The first-order valence-corrected chi connectivity index (χ1v) is 6.72. The highest BCUT2D eigenvalue weighted by molar-refractivity contribution is 8.00. The molecule has 6 nitrogen and oxygen atoms in total. The van der Waals surface area contributed by atoms with E-state index in [-0.39, 0.29) is 5.75 Å². The number of carbonyl (C=O) groups excluding carboxylic acids is 1. The summed E-state index contributed by atoms with van der Waals surface area (Å²) < 4.78 is 23.9. The van der Waals surface area contributed by atoms with Crippen LogP contribution >= 0.6 is 11.8 Å². The van der Waals surface area contributed by atoms with Gasteiger partial charge in [-0.1, -0.05) is 12.1 Å². The van der Waals surface area contributed by atoms with Gasteiger partial charge in [0.25, 0.3) is 10.2 Å². The summed E-state index contributed by atoms with van der Waals surface area (Å²) in [6.45, 7) is 0. The topological polar surface area (TPSA) is 115 Å². The van der Waals surface area contributed by atoms with Gasteiger partial charge in [-0.05, 0) is 12.1 Å². The third kappa shape index (κ3) is 4.51. The Morgan fingerprint density at radius 2 is 2.00 bits per heavy atom. The third-order valence-electron chi connectivity index (χ3n) is 1.51. The Hall–Kier alpha value is -1.25. The van der Waals surface area contributed by atoms with E-state index in [1.54, 1.807) is 24.3 Å². The summed E-state index contributed by atoms with van der Waals surface area (Å²) in [6.07, 6.45) is 0. The number of hydrogen-bond acceptors (Lipinski definition) is 4. The summed E-state index contributed by atoms with van der Waals surface area (Å²) in [5, 5.41) is 4.85. The third-order valence-corrected chi connectivity index (χ3v) is 3.11. The molecule has 0 aromatic heterocycles. The maximum Gasteiger partial charge on any atom is 0.296 e. The molecule has 1 rings (SSSR count). The lowest BCUT2D eigenvalue weighted by molar-refractivity contribution is -0.115. The van der Waals surface area contributed by atoms with E-state index in [2.05, 4.69) is 4.72 Å². The number of anilines is 1. The van der Waals surface area contributed by atoms with Crippen molar-refractivity contribution in [1.29, 1.82) is 0 Å². The van der Waals surface area contributed by atoms with Crippen LogP contribution in [0.2, 0.25) is 0 Å². The Labute approximate surface area is 97.6 Å². The van der Waals surface area contributed by atoms with Crippen molar-refractivity contribution >= 4 is 33.6 Å². The summed E-state index contributed by atoms with van der Waals surface area (Å²) in [7, 11) is -3.82. The van der Waals surface area contributed by atoms with Crippen LogP contribution in [0.1, 0.15) is 0 Å². The number of para-hydroxylation sites is 1. The number of thioether (sulfide) groups is 1. The summed E-state index contributed by atoms with van der Waals surface area (Å²) in [6, 6.07) is 6.59. The SMILES string of the molecule is NC(=O)CSc1ccccc1NS(N)(=O)=O. The lowest BCUT2D eigenvalue weighted by Crippen LogP contribution is -2.22. The molecule has 0 aliphatic carbocycles. The average molecular weight is 261 g/mol. The van der Waals surface area contributed by atoms with Crippen molar-refractivity contribution in [2.24, 2.45) is 10.9 Å². The van der Waals surface area contributed by atoms with Gasteiger partial charge in [-0.15, -0.1) is 11.8 Å². The second kappa shape index (κ2) is 5.19. The maximum atomic E-state index is 10.9. The van der Waals surface area contributed by atoms with Gasteiger partial charge in [0.15, 0.2) is 0 Å². The van der Waals surface area contributed by atoms with E-state index in [0.29, 0.717) is 10.6 Å². The first-order chi connectivity index (χ1) is 7.38. The van der Waals surface area contributed by atoms with Gasteiger partial charge in [0, 0.05) is 4.90 Å². The molecule has 0 saturated heterocycles. The smallest absolute Gasteiger partial charge is 0.296 e. The summed E-state index contributed by atoms with van der Waals surface area (Å²) in [5.41, 5.74) is 5.32. The molecule has 88 valence electrons. The fourth-order valence-electron chi connectivity index (χ4n) is 0.979. The molecule has 1 aromatic rings. The fourth-order valence-corrected chi connectivity index (χ4v) is 2.28. The van der Waals surface area contributed by atoms with Crippen LogP contribution in [0.5, 0.6) is 0 Å². The Balaban J connectivity index is 2.87. The number of carbonyl (C=O) groups is 1. The second-order valence-electron chi connectivity index (χ2n) is 2.90. The summed E-state index contributed by atoms with van der Waals surface area (Å²) in [5.74, 6) is -0.404. The molecule has 0 heterocycles. The highest BCUT2D eigenvalue weighted by Gasteiger charge is 2.08. The summed E-state index contributed by atoms with van der Waals surface area (Å²) >= 11 is 1.14. The summed E-state index contributed by atoms with van der Waals surface area (Å²) in [4.78, 5) is 11.2. The zero-order valence-corrected chi connectivity index (χ0v) is 9.85. The van der Waals surface area contributed by atoms with E-state index < -0.39 is 16.1 Å². The molecule has 1 aromatic carbocycles. The zero-order valence-electron chi connectivity index (χ0n) is 8.21. The standard InChI is InChI=1S/C8H11N3O3S2/c9-8(12)5-15-7-4-2-1-3-6(7)11-16(10,13)14/h1-4,11H,5H2,(H2,9,12)(H2,10,13,14). The molecule has 0 atom stereocenters. The van der Waals surface area contributed by atoms with Gasteiger partial charge in [0.05, 0.1) is 11.4 Å². The predicted molar refractivity (Wildman–Crippen MR) is 63.1 cm³/mol. The van der Waals surface area contributed by atoms with Gasteiger partial charge in [-0.25, -0.2) is 5.14 Å². The van der Waals surface area contributed by atoms with Crippen LogP contribution < -0.4 is 15.6 Å². The van der Waals surface area contributed by atoms with Gasteiger partial charge < -0.3 is 5.73 Å². The zero-order chi connectivity index (χ0) is 12.2. The van der Waals surface area contributed by atoms with Gasteiger partial charge in [0.1, 0.15) is 0 Å². The molecule has 0 saturated carbocycles. The molecule has 0 unspecified atom stereocenters. The number of nitrogens with two attached hydrogens (primary N) is 2. The minimum atomic E-state index is -3.82. The van der Waals surface area contributed by atoms with Crippen molar-refractivity contribution in [2.75, 3.05) is 10.5 Å². The van der Waals surface area contributed by atoms with E-state index in [1.165, 1.54) is 0 Å². The van der Waals surface area contributed by atoms with Crippen LogP contribution in [0.4, 0.5) is 5.69 Å². The van der Waals surface area contributed by atoms with Crippen LogP contribution in [-0.4, -0.2) is 20.1 Å². The highest BCUT2D eigenvalue weighted by Crippen LogP contribution is 2.26. The number of hydrogen-bond donors (Lipinski definition) is 3. The van der Waals surface area contributed by atoms with Gasteiger partial charge in [-0.3, -0.25) is 9.52 Å². The lowest BCUT2D eigenvalue weighted by atomic mass is 10.3. The highest BCUT2D eigenvalue weighted by atomic mass is 32.2. The van der Waals surface area contributed by atoms with Crippen LogP contribution in [-0.2, 0) is 15.0 Å². The minimum absolute atomic E-state index is 0.0727. The van der Waals surface area contributed by atoms with Crippen LogP contribution in [0.15, 0.2) is 29.2 Å². The molecule has 1 amide bonds. The van der Waals surface area contributed by atoms with Crippen LogP contribution in [0, 0.1) is 0 Å². The molecule has 0 aliphatic heterocycles. The van der Waals surface area contributed by atoms with Gasteiger partial charge in [0.2, 0.25) is 5.91 Å². The van der Waals surface area contributed by atoms with Gasteiger partial charge in [-0.2, -0.15) is 8.42 Å². The molecule has 0 bridgehead atoms. The monoisotopic (exact) mass is 261 g/mol. The molecular formula is C8H11N3O3S2. The van der Waals surface area contributed by atoms with Crippen molar-refractivity contribution in [3.05, 3.63) is 24.3 Å². The van der Waals surface area contributed by atoms with Crippen molar-refractivity contribution in [2.45, 2.75) is 4.90 Å². The Kier molecular flexibility index (Phi) is 4.16. The molecule has 0 spiro atoms. The van der Waals surface area contributed by atoms with Crippen molar-refractivity contribution in [1.82, 2.24) is 0 Å². The molecule has 0 fully saturated rings. The molecule has 16 heavy (non-hydrogen) atoms. The van der Waals surface area contributed by atoms with E-state index in [0.717, 1.165) is 11.8 Å². The quantitative estimate of drug-likeness (QED) is 0.641. The van der Waals surface area contributed by atoms with Crippen LogP contribution in [0.25, 0.3) is 0 Å². The van der Waals surface area contributed by atoms with E-state index in [4.69, 9.17) is 10.9 Å². The van der Waals surface area contributed by atoms with Crippen molar-refractivity contribution in [3.8, 4) is 0 Å². The predicted octanol–water partition coefficient (Wildman–Crippen LogP) is -0.121. The largest absolute Gasteiger partial charge is 0.369 e. The Morgan fingerprint density at radius 1 is 1.38 bits per heavy atom. The normalized spacial score (nSPS) is 11.1. The van der Waals surface area contributed by atoms with Crippen LogP contribution in [0.3, 0.4) is 0 Å². The molecule has 0 aliphatic rings. The number of nitrogens with one attached hydrogen (secondary N) is 1. The Bertz CT molecular complexity index is 487. The first-order valence-electron chi connectivity index (χ1n) is 4.19. The van der Waals surface area contributed by atoms with Crippen molar-refractivity contribution in [3.63, 3.8) is 0 Å². The average Bonchev–Trinajstić information content (AvgIpc) is 2.14. The maximum absolute atomic E-state index is 10.9. The molecule has 5 N–H and O–H groups in total. The first kappa shape index (κ1) is 12.8. The second-order valence-corrected chi connectivity index (χ2v) is 5.21.